The first-order valence-corrected chi connectivity index (χ1v) is 8.98. The molecule has 0 unspecified atom stereocenters. The smallest absolute Gasteiger partial charge is 0.321 e. The van der Waals surface area contributed by atoms with Gasteiger partial charge < -0.3 is 10.2 Å². The minimum absolute atomic E-state index is 0.0464. The lowest BCUT2D eigenvalue weighted by Gasteiger charge is -2.31. The molecule has 2 amide bonds. The molecule has 2 aromatic rings. The van der Waals surface area contributed by atoms with Crippen molar-refractivity contribution in [1.82, 2.24) is 9.88 Å². The highest BCUT2D eigenvalue weighted by atomic mass is 32.1. The zero-order chi connectivity index (χ0) is 17.1. The molecule has 126 valence electrons. The second-order valence-electron chi connectivity index (χ2n) is 6.24. The van der Waals surface area contributed by atoms with E-state index in [4.69, 9.17) is 0 Å². The van der Waals surface area contributed by atoms with Crippen LogP contribution in [0, 0.1) is 13.8 Å². The molecule has 0 radical (unpaired) electrons. The van der Waals surface area contributed by atoms with Crippen molar-refractivity contribution in [3.8, 4) is 0 Å². The van der Waals surface area contributed by atoms with Gasteiger partial charge in [-0.05, 0) is 43.9 Å². The Bertz CT molecular complexity index is 748. The van der Waals surface area contributed by atoms with Crippen molar-refractivity contribution in [2.45, 2.75) is 32.6 Å². The first-order valence-electron chi connectivity index (χ1n) is 8.10. The Morgan fingerprint density at radius 1 is 1.33 bits per heavy atom. The quantitative estimate of drug-likeness (QED) is 0.857. The number of amides is 2. The summed E-state index contributed by atoms with van der Waals surface area (Å²) in [6.45, 7) is 5.42. The number of nitrogens with zero attached hydrogens (tertiary/aromatic N) is 2. The van der Waals surface area contributed by atoms with E-state index < -0.39 is 0 Å². The van der Waals surface area contributed by atoms with Gasteiger partial charge in [0.1, 0.15) is 5.69 Å². The lowest BCUT2D eigenvalue weighted by molar-refractivity contribution is 0.111. The maximum Gasteiger partial charge on any atom is 0.321 e. The van der Waals surface area contributed by atoms with Crippen LogP contribution >= 0.6 is 11.3 Å². The van der Waals surface area contributed by atoms with Crippen LogP contribution in [0.4, 0.5) is 10.5 Å². The van der Waals surface area contributed by atoms with Gasteiger partial charge in [-0.3, -0.25) is 4.79 Å². The molecule has 6 heteroatoms. The second-order valence-corrected chi connectivity index (χ2v) is 7.13. The van der Waals surface area contributed by atoms with Crippen molar-refractivity contribution < 1.29 is 9.59 Å². The van der Waals surface area contributed by atoms with Crippen molar-refractivity contribution in [3.05, 3.63) is 45.4 Å². The number of thiazole rings is 1. The average molecular weight is 343 g/mol. The van der Waals surface area contributed by atoms with Crippen LogP contribution < -0.4 is 5.32 Å². The molecule has 0 atom stereocenters. The summed E-state index contributed by atoms with van der Waals surface area (Å²) in [5, 5.41) is 5.82. The minimum atomic E-state index is -0.0464. The molecule has 1 aromatic carbocycles. The molecular weight excluding hydrogens is 322 g/mol. The van der Waals surface area contributed by atoms with Crippen molar-refractivity contribution in [3.63, 3.8) is 0 Å². The van der Waals surface area contributed by atoms with E-state index in [2.05, 4.69) is 10.3 Å². The third-order valence-electron chi connectivity index (χ3n) is 4.43. The van der Waals surface area contributed by atoms with Gasteiger partial charge in [0, 0.05) is 30.1 Å². The van der Waals surface area contributed by atoms with Crippen LogP contribution in [0.3, 0.4) is 0 Å². The fraction of sp³-hybridized carbons (Fsp3) is 0.389. The number of benzene rings is 1. The summed E-state index contributed by atoms with van der Waals surface area (Å²) >= 11 is 1.54. The number of urea groups is 1. The lowest BCUT2D eigenvalue weighted by Crippen LogP contribution is -2.40. The third-order valence-corrected chi connectivity index (χ3v) is 5.45. The fourth-order valence-corrected chi connectivity index (χ4v) is 3.87. The summed E-state index contributed by atoms with van der Waals surface area (Å²) in [6.07, 6.45) is 2.55. The molecule has 1 saturated heterocycles. The van der Waals surface area contributed by atoms with Crippen LogP contribution in [-0.2, 0) is 0 Å². The van der Waals surface area contributed by atoms with Gasteiger partial charge in [-0.1, -0.05) is 12.1 Å². The average Bonchev–Trinajstić information content (AvgIpc) is 3.07. The Hall–Kier alpha value is -2.21. The fourth-order valence-electron chi connectivity index (χ4n) is 2.94. The Labute approximate surface area is 145 Å². The molecule has 3 rings (SSSR count). The van der Waals surface area contributed by atoms with Crippen LogP contribution in [0.25, 0.3) is 0 Å². The number of anilines is 1. The number of piperidine rings is 1. The zero-order valence-electron chi connectivity index (χ0n) is 13.9. The molecule has 0 bridgehead atoms. The number of hydrogen-bond acceptors (Lipinski definition) is 4. The number of likely N-dealkylation sites (tertiary alicyclic amines) is 1. The first-order chi connectivity index (χ1) is 11.6. The monoisotopic (exact) mass is 343 g/mol. The maximum absolute atomic E-state index is 12.5. The maximum atomic E-state index is 12.5. The Morgan fingerprint density at radius 2 is 2.08 bits per heavy atom. The van der Waals surface area contributed by atoms with Gasteiger partial charge in [0.25, 0.3) is 0 Å². The number of hydrogen-bond donors (Lipinski definition) is 1. The van der Waals surface area contributed by atoms with Crippen molar-refractivity contribution in [1.29, 1.82) is 0 Å². The number of aryl methyl sites for hydroxylation is 2. The standard InChI is InChI=1S/C18H21N3O2S/c1-12-3-4-13(2)16(9-12)20-18(23)21-7-5-14(6-8-21)17-19-15(10-22)11-24-17/h3-4,9-11,14H,5-8H2,1-2H3,(H,20,23). The highest BCUT2D eigenvalue weighted by Crippen LogP contribution is 2.30. The number of carbonyl (C=O) groups is 2. The largest absolute Gasteiger partial charge is 0.324 e. The predicted octanol–water partition coefficient (Wildman–Crippen LogP) is 3.98. The summed E-state index contributed by atoms with van der Waals surface area (Å²) in [6, 6.07) is 6.01. The van der Waals surface area contributed by atoms with Gasteiger partial charge in [-0.2, -0.15) is 0 Å². The molecular formula is C18H21N3O2S. The molecule has 5 nitrogen and oxygen atoms in total. The van der Waals surface area contributed by atoms with E-state index in [0.29, 0.717) is 24.7 Å². The number of rotatable bonds is 3. The molecule has 24 heavy (non-hydrogen) atoms. The number of aromatic nitrogens is 1. The summed E-state index contributed by atoms with van der Waals surface area (Å²) in [4.78, 5) is 29.4. The van der Waals surface area contributed by atoms with E-state index in [1.807, 2.05) is 36.9 Å². The van der Waals surface area contributed by atoms with Gasteiger partial charge in [0.05, 0.1) is 5.01 Å². The van der Waals surface area contributed by atoms with Crippen LogP contribution in [-0.4, -0.2) is 35.3 Å². The normalized spacial score (nSPS) is 15.3. The molecule has 0 aliphatic carbocycles. The van der Waals surface area contributed by atoms with Gasteiger partial charge in [-0.25, -0.2) is 9.78 Å². The SMILES string of the molecule is Cc1ccc(C)c(NC(=O)N2CCC(c3nc(C=O)cs3)CC2)c1. The molecule has 1 fully saturated rings. The van der Waals surface area contributed by atoms with Crippen LogP contribution in [0.5, 0.6) is 0 Å². The predicted molar refractivity (Wildman–Crippen MR) is 96.0 cm³/mol. The molecule has 1 N–H and O–H groups in total. The molecule has 0 saturated carbocycles. The van der Waals surface area contributed by atoms with Gasteiger partial charge in [0.15, 0.2) is 6.29 Å². The highest BCUT2D eigenvalue weighted by Gasteiger charge is 2.25. The first kappa shape index (κ1) is 16.6. The molecule has 0 spiro atoms. The summed E-state index contributed by atoms with van der Waals surface area (Å²) in [5.41, 5.74) is 3.57. The summed E-state index contributed by atoms with van der Waals surface area (Å²) < 4.78 is 0. The zero-order valence-corrected chi connectivity index (χ0v) is 14.7. The topological polar surface area (TPSA) is 62.3 Å². The second kappa shape index (κ2) is 7.13. The van der Waals surface area contributed by atoms with Gasteiger partial charge >= 0.3 is 6.03 Å². The van der Waals surface area contributed by atoms with E-state index in [1.165, 1.54) is 11.3 Å². The number of carbonyl (C=O) groups excluding carboxylic acids is 2. The van der Waals surface area contributed by atoms with E-state index in [-0.39, 0.29) is 6.03 Å². The van der Waals surface area contributed by atoms with E-state index in [1.54, 1.807) is 5.38 Å². The number of nitrogens with one attached hydrogen (secondary N) is 1. The summed E-state index contributed by atoms with van der Waals surface area (Å²) in [5.74, 6) is 0.341. The molecule has 1 aliphatic rings. The van der Waals surface area contributed by atoms with Crippen LogP contribution in [0.1, 0.15) is 45.4 Å². The molecule has 1 aliphatic heterocycles. The minimum Gasteiger partial charge on any atom is -0.324 e. The number of aldehydes is 1. The van der Waals surface area contributed by atoms with Crippen LogP contribution in [0.15, 0.2) is 23.6 Å². The Kier molecular flexibility index (Phi) is 4.94. The molecule has 2 heterocycles. The van der Waals surface area contributed by atoms with Crippen molar-refractivity contribution in [2.24, 2.45) is 0 Å². The summed E-state index contributed by atoms with van der Waals surface area (Å²) in [7, 11) is 0. The molecule has 1 aromatic heterocycles. The Morgan fingerprint density at radius 3 is 2.75 bits per heavy atom. The lowest BCUT2D eigenvalue weighted by atomic mass is 9.98. The van der Waals surface area contributed by atoms with Crippen molar-refractivity contribution in [2.75, 3.05) is 18.4 Å². The van der Waals surface area contributed by atoms with Crippen LogP contribution in [0.2, 0.25) is 0 Å². The van der Waals surface area contributed by atoms with Gasteiger partial charge in [0.2, 0.25) is 0 Å². The van der Waals surface area contributed by atoms with Gasteiger partial charge in [-0.15, -0.1) is 11.3 Å². The highest BCUT2D eigenvalue weighted by molar-refractivity contribution is 7.09. The van der Waals surface area contributed by atoms with E-state index in [0.717, 1.165) is 40.9 Å². The van der Waals surface area contributed by atoms with Crippen molar-refractivity contribution >= 4 is 29.3 Å². The Balaban J connectivity index is 1.58. The van der Waals surface area contributed by atoms with E-state index in [9.17, 15) is 9.59 Å². The van der Waals surface area contributed by atoms with E-state index >= 15 is 0 Å². The third kappa shape index (κ3) is 3.64.